The molecule has 0 fully saturated rings. The van der Waals surface area contributed by atoms with Gasteiger partial charge in [-0.25, -0.2) is 10.2 Å². The van der Waals surface area contributed by atoms with Crippen LogP contribution in [0.25, 0.3) is 0 Å². The Labute approximate surface area is 178 Å². The average molecular weight is 420 g/mol. The van der Waals surface area contributed by atoms with Crippen molar-refractivity contribution >= 4 is 18.1 Å². The first-order valence-electron chi connectivity index (χ1n) is 9.17. The van der Waals surface area contributed by atoms with E-state index < -0.39 is 11.9 Å². The van der Waals surface area contributed by atoms with Gasteiger partial charge in [0, 0.05) is 0 Å². The van der Waals surface area contributed by atoms with Crippen LogP contribution in [-0.2, 0) is 0 Å². The van der Waals surface area contributed by atoms with Gasteiger partial charge in [-0.2, -0.15) is 5.10 Å². The summed E-state index contributed by atoms with van der Waals surface area (Å²) in [6.45, 7) is 0. The molecule has 0 aliphatic heterocycles. The van der Waals surface area contributed by atoms with E-state index in [9.17, 15) is 14.7 Å². The molecule has 0 bridgehead atoms. The van der Waals surface area contributed by atoms with Gasteiger partial charge in [-0.1, -0.05) is 12.1 Å². The van der Waals surface area contributed by atoms with Crippen molar-refractivity contribution in [1.29, 1.82) is 0 Å². The summed E-state index contributed by atoms with van der Waals surface area (Å²) in [4.78, 5) is 24.4. The molecule has 1 amide bonds. The molecule has 3 aromatic rings. The fourth-order valence-corrected chi connectivity index (χ4v) is 2.64. The number of phenols is 1. The fourth-order valence-electron chi connectivity index (χ4n) is 2.64. The fraction of sp³-hybridized carbons (Fsp3) is 0.0870. The van der Waals surface area contributed by atoms with Gasteiger partial charge in [-0.3, -0.25) is 4.79 Å². The maximum Gasteiger partial charge on any atom is 0.343 e. The maximum absolute atomic E-state index is 12.4. The average Bonchev–Trinajstić information content (AvgIpc) is 2.79. The number of hydrazone groups is 1. The zero-order valence-corrected chi connectivity index (χ0v) is 16.9. The van der Waals surface area contributed by atoms with E-state index in [4.69, 9.17) is 14.2 Å². The number of para-hydroxylation sites is 1. The molecule has 2 N–H and O–H groups in total. The number of carbonyl (C=O) groups excluding carboxylic acids is 2. The zero-order chi connectivity index (χ0) is 22.2. The molecule has 0 aromatic heterocycles. The summed E-state index contributed by atoms with van der Waals surface area (Å²) in [5.74, 6) is 0.0739. The second-order valence-corrected chi connectivity index (χ2v) is 6.24. The third-order valence-corrected chi connectivity index (χ3v) is 4.24. The van der Waals surface area contributed by atoms with E-state index in [0.29, 0.717) is 28.4 Å². The van der Waals surface area contributed by atoms with Crippen molar-refractivity contribution in [3.63, 3.8) is 0 Å². The van der Waals surface area contributed by atoms with Crippen LogP contribution in [0.2, 0.25) is 0 Å². The molecule has 0 aliphatic rings. The lowest BCUT2D eigenvalue weighted by atomic mass is 10.2. The highest BCUT2D eigenvalue weighted by molar-refractivity contribution is 5.97. The summed E-state index contributed by atoms with van der Waals surface area (Å²) < 4.78 is 15.7. The molecular formula is C23H20N2O6. The zero-order valence-electron chi connectivity index (χ0n) is 16.9. The predicted octanol–water partition coefficient (Wildman–Crippen LogP) is 3.39. The highest BCUT2D eigenvalue weighted by Crippen LogP contribution is 2.28. The van der Waals surface area contributed by atoms with E-state index in [0.717, 1.165) is 0 Å². The largest absolute Gasteiger partial charge is 0.507 e. The summed E-state index contributed by atoms with van der Waals surface area (Å²) in [5, 5.41) is 13.5. The van der Waals surface area contributed by atoms with Crippen molar-refractivity contribution < 1.29 is 28.9 Å². The topological polar surface area (TPSA) is 106 Å². The van der Waals surface area contributed by atoms with E-state index in [1.807, 2.05) is 0 Å². The highest BCUT2D eigenvalue weighted by Gasteiger charge is 2.13. The van der Waals surface area contributed by atoms with Crippen LogP contribution in [0.4, 0.5) is 0 Å². The molecule has 158 valence electrons. The number of rotatable bonds is 7. The number of methoxy groups -OCH3 is 2. The Morgan fingerprint density at radius 1 is 0.935 bits per heavy atom. The molecule has 0 saturated carbocycles. The van der Waals surface area contributed by atoms with Crippen molar-refractivity contribution in [3.8, 4) is 23.0 Å². The first-order chi connectivity index (χ1) is 15.0. The molecule has 0 saturated heterocycles. The van der Waals surface area contributed by atoms with Crippen molar-refractivity contribution in [2.45, 2.75) is 0 Å². The van der Waals surface area contributed by atoms with Gasteiger partial charge in [0.1, 0.15) is 11.5 Å². The van der Waals surface area contributed by atoms with Crippen LogP contribution < -0.4 is 19.6 Å². The molecular weight excluding hydrogens is 400 g/mol. The first-order valence-corrected chi connectivity index (χ1v) is 9.17. The quantitative estimate of drug-likeness (QED) is 0.263. The smallest absolute Gasteiger partial charge is 0.343 e. The van der Waals surface area contributed by atoms with E-state index in [1.165, 1.54) is 38.6 Å². The van der Waals surface area contributed by atoms with Crippen LogP contribution in [0, 0.1) is 0 Å². The van der Waals surface area contributed by atoms with Gasteiger partial charge in [-0.15, -0.1) is 0 Å². The van der Waals surface area contributed by atoms with Crippen LogP contribution in [0.15, 0.2) is 71.8 Å². The normalized spacial score (nSPS) is 10.5. The number of hydrogen-bond donors (Lipinski definition) is 2. The van der Waals surface area contributed by atoms with Crippen molar-refractivity contribution in [3.05, 3.63) is 83.4 Å². The number of benzene rings is 3. The number of aromatic hydroxyl groups is 1. The van der Waals surface area contributed by atoms with E-state index in [1.54, 1.807) is 48.5 Å². The Morgan fingerprint density at radius 2 is 1.65 bits per heavy atom. The molecule has 0 atom stereocenters. The van der Waals surface area contributed by atoms with Crippen LogP contribution in [0.5, 0.6) is 23.0 Å². The molecule has 3 aromatic carbocycles. The number of carbonyl (C=O) groups is 2. The molecule has 8 nitrogen and oxygen atoms in total. The van der Waals surface area contributed by atoms with Crippen LogP contribution in [-0.4, -0.2) is 37.4 Å². The van der Waals surface area contributed by atoms with Crippen LogP contribution in [0.3, 0.4) is 0 Å². The van der Waals surface area contributed by atoms with Gasteiger partial charge in [0.2, 0.25) is 0 Å². The van der Waals surface area contributed by atoms with E-state index in [-0.39, 0.29) is 11.3 Å². The summed E-state index contributed by atoms with van der Waals surface area (Å²) >= 11 is 0. The number of phenolic OH excluding ortho intramolecular Hbond substituents is 1. The minimum Gasteiger partial charge on any atom is -0.507 e. The number of hydrogen-bond acceptors (Lipinski definition) is 7. The minimum atomic E-state index is -0.544. The second kappa shape index (κ2) is 9.93. The lowest BCUT2D eigenvalue weighted by Crippen LogP contribution is -2.17. The van der Waals surface area contributed by atoms with Gasteiger partial charge in [0.25, 0.3) is 5.91 Å². The van der Waals surface area contributed by atoms with Gasteiger partial charge in [0.15, 0.2) is 11.5 Å². The number of amides is 1. The summed E-state index contributed by atoms with van der Waals surface area (Å²) in [6, 6.07) is 17.5. The molecule has 0 radical (unpaired) electrons. The number of nitrogens with one attached hydrogen (secondary N) is 1. The SMILES string of the molecule is COc1ccc(C(=O)Oc2ccc(C=NNC(=O)c3ccccc3O)cc2)cc1OC. The molecule has 3 rings (SSSR count). The molecule has 0 unspecified atom stereocenters. The Bertz CT molecular complexity index is 1110. The van der Waals surface area contributed by atoms with Crippen molar-refractivity contribution in [2.24, 2.45) is 5.10 Å². The molecule has 31 heavy (non-hydrogen) atoms. The van der Waals surface area contributed by atoms with Gasteiger partial charge in [-0.05, 0) is 60.2 Å². The van der Waals surface area contributed by atoms with Crippen molar-refractivity contribution in [2.75, 3.05) is 14.2 Å². The third kappa shape index (κ3) is 5.39. The first kappa shape index (κ1) is 21.4. The Balaban J connectivity index is 1.60. The number of nitrogens with zero attached hydrogens (tertiary/aromatic N) is 1. The second-order valence-electron chi connectivity index (χ2n) is 6.24. The number of esters is 1. The Kier molecular flexibility index (Phi) is 6.85. The van der Waals surface area contributed by atoms with Crippen molar-refractivity contribution in [1.82, 2.24) is 5.43 Å². The van der Waals surface area contributed by atoms with Gasteiger partial charge in [0.05, 0.1) is 31.6 Å². The van der Waals surface area contributed by atoms with E-state index >= 15 is 0 Å². The lowest BCUT2D eigenvalue weighted by Gasteiger charge is -2.09. The summed E-state index contributed by atoms with van der Waals surface area (Å²) in [7, 11) is 3.00. The molecule has 0 aliphatic carbocycles. The Hall–Kier alpha value is -4.33. The molecule has 0 spiro atoms. The van der Waals surface area contributed by atoms with E-state index in [2.05, 4.69) is 10.5 Å². The minimum absolute atomic E-state index is 0.122. The maximum atomic E-state index is 12.4. The van der Waals surface area contributed by atoms with Crippen LogP contribution in [0.1, 0.15) is 26.3 Å². The monoisotopic (exact) mass is 420 g/mol. The molecule has 8 heteroatoms. The summed E-state index contributed by atoms with van der Waals surface area (Å²) in [5.41, 5.74) is 3.45. The van der Waals surface area contributed by atoms with Crippen LogP contribution >= 0.6 is 0 Å². The number of ether oxygens (including phenoxy) is 3. The summed E-state index contributed by atoms with van der Waals surface area (Å²) in [6.07, 6.45) is 1.43. The lowest BCUT2D eigenvalue weighted by molar-refractivity contribution is 0.0734. The predicted molar refractivity (Wildman–Crippen MR) is 114 cm³/mol. The molecule has 0 heterocycles. The third-order valence-electron chi connectivity index (χ3n) is 4.24. The Morgan fingerprint density at radius 3 is 2.32 bits per heavy atom. The standard InChI is InChI=1S/C23H20N2O6/c1-29-20-12-9-16(13-21(20)30-2)23(28)31-17-10-7-15(8-11-17)14-24-25-22(27)18-5-3-4-6-19(18)26/h3-14,26H,1-2H3,(H,25,27). The highest BCUT2D eigenvalue weighted by atomic mass is 16.5. The van der Waals surface area contributed by atoms with Gasteiger partial charge < -0.3 is 19.3 Å². The van der Waals surface area contributed by atoms with Gasteiger partial charge >= 0.3 is 5.97 Å².